The number of H-pyrrole nitrogens is 1. The molecule has 0 atom stereocenters. The molecule has 0 aliphatic carbocycles. The summed E-state index contributed by atoms with van der Waals surface area (Å²) >= 11 is 0. The first-order valence-corrected chi connectivity index (χ1v) is 9.25. The number of nitrogens with one attached hydrogen (secondary N) is 2. The lowest BCUT2D eigenvalue weighted by molar-refractivity contribution is -0.125. The Kier molecular flexibility index (Phi) is 5.69. The lowest BCUT2D eigenvalue weighted by atomic mass is 9.88. The minimum Gasteiger partial charge on any atom is -0.483 e. The average molecular weight is 403 g/mol. The summed E-state index contributed by atoms with van der Waals surface area (Å²) in [5, 5.41) is 12.7. The fourth-order valence-corrected chi connectivity index (χ4v) is 3.60. The number of carboxylic acid groups (broad SMARTS) is 1. The van der Waals surface area contributed by atoms with E-state index in [1.807, 2.05) is 32.0 Å². The van der Waals surface area contributed by atoms with Crippen molar-refractivity contribution in [1.82, 2.24) is 29.7 Å². The van der Waals surface area contributed by atoms with Gasteiger partial charge in [0.1, 0.15) is 5.54 Å². The van der Waals surface area contributed by atoms with Crippen molar-refractivity contribution in [2.75, 3.05) is 27.2 Å². The molecule has 156 valence electrons. The van der Waals surface area contributed by atoms with Crippen molar-refractivity contribution >= 4 is 24.0 Å². The lowest BCUT2D eigenvalue weighted by Gasteiger charge is -2.35. The standard InChI is InChI=1S/C17H23N7O2.CH2O2/c1-11-8-13-18-12(9-14(25)24(13)21-11)10-23-6-4-17(5-7-23)15(26)19-16(20-17)22(2)3;2-1-3/h8-9,21H,4-7,10H2,1-3H3,(H,19,20,26);1H,(H,2,3). The number of nitrogens with zero attached hydrogens (tertiary/aromatic N) is 5. The highest BCUT2D eigenvalue weighted by Gasteiger charge is 2.46. The monoisotopic (exact) mass is 403 g/mol. The molecule has 0 radical (unpaired) electrons. The summed E-state index contributed by atoms with van der Waals surface area (Å²) in [6.45, 7) is 3.72. The summed E-state index contributed by atoms with van der Waals surface area (Å²) in [4.78, 5) is 46.2. The van der Waals surface area contributed by atoms with Gasteiger partial charge in [-0.1, -0.05) is 0 Å². The Morgan fingerprint density at radius 3 is 2.52 bits per heavy atom. The fourth-order valence-electron chi connectivity index (χ4n) is 3.60. The minimum atomic E-state index is -0.648. The minimum absolute atomic E-state index is 0.0126. The number of aromatic amines is 1. The van der Waals surface area contributed by atoms with Gasteiger partial charge in [0.05, 0.1) is 5.69 Å². The van der Waals surface area contributed by atoms with Crippen molar-refractivity contribution in [2.24, 2.45) is 4.99 Å². The van der Waals surface area contributed by atoms with Crippen LogP contribution in [0, 0.1) is 6.92 Å². The van der Waals surface area contributed by atoms with Crippen molar-refractivity contribution in [2.45, 2.75) is 31.8 Å². The zero-order chi connectivity index (χ0) is 21.2. The topological polar surface area (TPSA) is 135 Å². The van der Waals surface area contributed by atoms with Crippen LogP contribution < -0.4 is 10.9 Å². The summed E-state index contributed by atoms with van der Waals surface area (Å²) < 4.78 is 1.45. The van der Waals surface area contributed by atoms with E-state index in [4.69, 9.17) is 9.90 Å². The zero-order valence-electron chi connectivity index (χ0n) is 16.7. The Hall–Kier alpha value is -3.21. The molecule has 0 unspecified atom stereocenters. The normalized spacial score (nSPS) is 18.2. The molecule has 2 aromatic heterocycles. The number of guanidine groups is 1. The van der Waals surface area contributed by atoms with Gasteiger partial charge >= 0.3 is 0 Å². The quantitative estimate of drug-likeness (QED) is 0.571. The van der Waals surface area contributed by atoms with Gasteiger partial charge in [0, 0.05) is 51.6 Å². The molecule has 11 heteroatoms. The van der Waals surface area contributed by atoms with Crippen LogP contribution in [0.25, 0.3) is 5.65 Å². The van der Waals surface area contributed by atoms with Crippen LogP contribution in [-0.4, -0.2) is 80.6 Å². The maximum atomic E-state index is 12.4. The number of aromatic nitrogens is 3. The summed E-state index contributed by atoms with van der Waals surface area (Å²) in [6, 6.07) is 3.42. The first kappa shape index (κ1) is 20.5. The highest BCUT2D eigenvalue weighted by atomic mass is 16.3. The van der Waals surface area contributed by atoms with E-state index in [2.05, 4.69) is 25.3 Å². The van der Waals surface area contributed by atoms with E-state index in [-0.39, 0.29) is 17.9 Å². The molecular weight excluding hydrogens is 378 g/mol. The largest absolute Gasteiger partial charge is 0.483 e. The Balaban J connectivity index is 0.000000755. The van der Waals surface area contributed by atoms with Gasteiger partial charge in [0.25, 0.3) is 17.9 Å². The summed E-state index contributed by atoms with van der Waals surface area (Å²) in [5.41, 5.74) is 1.52. The highest BCUT2D eigenvalue weighted by Crippen LogP contribution is 2.30. The third kappa shape index (κ3) is 4.14. The van der Waals surface area contributed by atoms with Gasteiger partial charge in [-0.15, -0.1) is 0 Å². The summed E-state index contributed by atoms with van der Waals surface area (Å²) in [6.07, 6.45) is 1.33. The molecule has 1 fully saturated rings. The van der Waals surface area contributed by atoms with Crippen molar-refractivity contribution in [3.8, 4) is 0 Å². The van der Waals surface area contributed by atoms with E-state index in [9.17, 15) is 9.59 Å². The SMILES string of the molecule is Cc1cc2nc(CN3CCC4(CC3)N=C(N(C)C)NC4=O)cc(=O)n2[nH]1.O=CO. The molecule has 0 saturated carbocycles. The number of hydrogen-bond acceptors (Lipinski definition) is 7. The molecule has 2 aliphatic rings. The van der Waals surface area contributed by atoms with E-state index < -0.39 is 5.54 Å². The predicted octanol–water partition coefficient (Wildman–Crippen LogP) is -0.586. The van der Waals surface area contributed by atoms with Crippen LogP contribution in [0.2, 0.25) is 0 Å². The Morgan fingerprint density at radius 1 is 1.28 bits per heavy atom. The molecule has 0 bridgehead atoms. The number of rotatable bonds is 2. The van der Waals surface area contributed by atoms with Crippen LogP contribution >= 0.6 is 0 Å². The number of aliphatic imine (C=N–C) groups is 1. The van der Waals surface area contributed by atoms with Crippen LogP contribution in [0.15, 0.2) is 21.9 Å². The second-order valence-corrected chi connectivity index (χ2v) is 7.42. The van der Waals surface area contributed by atoms with Crippen molar-refractivity contribution < 1.29 is 14.7 Å². The maximum Gasteiger partial charge on any atom is 0.290 e. The van der Waals surface area contributed by atoms with Crippen LogP contribution in [0.3, 0.4) is 0 Å². The molecular formula is C18H25N7O4. The summed E-state index contributed by atoms with van der Waals surface area (Å²) in [7, 11) is 3.74. The van der Waals surface area contributed by atoms with E-state index in [0.717, 1.165) is 24.5 Å². The molecule has 2 aliphatic heterocycles. The number of hydrogen-bond donors (Lipinski definition) is 3. The van der Waals surface area contributed by atoms with E-state index in [1.54, 1.807) is 6.07 Å². The molecule has 2 aromatic rings. The van der Waals surface area contributed by atoms with Crippen LogP contribution in [0.1, 0.15) is 24.2 Å². The van der Waals surface area contributed by atoms with Crippen molar-refractivity contribution in [3.63, 3.8) is 0 Å². The molecule has 1 saturated heterocycles. The van der Waals surface area contributed by atoms with E-state index in [0.29, 0.717) is 31.0 Å². The molecule has 1 spiro atoms. The van der Waals surface area contributed by atoms with Gasteiger partial charge in [0.2, 0.25) is 5.96 Å². The Morgan fingerprint density at radius 2 is 1.93 bits per heavy atom. The van der Waals surface area contributed by atoms with Gasteiger partial charge in [-0.2, -0.15) is 0 Å². The highest BCUT2D eigenvalue weighted by molar-refractivity contribution is 6.07. The third-order valence-corrected chi connectivity index (χ3v) is 5.09. The smallest absolute Gasteiger partial charge is 0.290 e. The van der Waals surface area contributed by atoms with Crippen molar-refractivity contribution in [3.05, 3.63) is 33.9 Å². The van der Waals surface area contributed by atoms with E-state index >= 15 is 0 Å². The van der Waals surface area contributed by atoms with Crippen LogP contribution in [0.4, 0.5) is 0 Å². The number of carbonyl (C=O) groups is 2. The van der Waals surface area contributed by atoms with Gasteiger partial charge in [0.15, 0.2) is 5.65 Å². The number of piperidine rings is 1. The fraction of sp³-hybridized carbons (Fsp3) is 0.500. The second-order valence-electron chi connectivity index (χ2n) is 7.42. The first-order valence-electron chi connectivity index (χ1n) is 9.25. The Bertz CT molecular complexity index is 999. The zero-order valence-corrected chi connectivity index (χ0v) is 16.7. The third-order valence-electron chi connectivity index (χ3n) is 5.09. The second kappa shape index (κ2) is 8.03. The molecule has 29 heavy (non-hydrogen) atoms. The number of carbonyl (C=O) groups excluding carboxylic acids is 1. The number of amides is 1. The number of likely N-dealkylation sites (tertiary alicyclic amines) is 1. The number of fused-ring (bicyclic) bond motifs is 1. The lowest BCUT2D eigenvalue weighted by Crippen LogP contribution is -2.49. The molecule has 1 amide bonds. The molecule has 3 N–H and O–H groups in total. The van der Waals surface area contributed by atoms with Crippen LogP contribution in [0.5, 0.6) is 0 Å². The van der Waals surface area contributed by atoms with Crippen molar-refractivity contribution in [1.29, 1.82) is 0 Å². The molecule has 4 heterocycles. The van der Waals surface area contributed by atoms with Crippen LogP contribution in [-0.2, 0) is 16.1 Å². The van der Waals surface area contributed by atoms with Gasteiger partial charge in [-0.25, -0.2) is 14.5 Å². The summed E-state index contributed by atoms with van der Waals surface area (Å²) in [5.74, 6) is 0.618. The van der Waals surface area contributed by atoms with E-state index in [1.165, 1.54) is 4.52 Å². The molecule has 11 nitrogen and oxygen atoms in total. The van der Waals surface area contributed by atoms with Gasteiger partial charge in [-0.3, -0.25) is 29.7 Å². The predicted molar refractivity (Wildman–Crippen MR) is 106 cm³/mol. The average Bonchev–Trinajstić information content (AvgIpc) is 3.18. The molecule has 0 aromatic carbocycles. The molecule has 4 rings (SSSR count). The first-order chi connectivity index (χ1) is 13.8. The number of aryl methyl sites for hydroxylation is 1. The Labute approximate surface area is 167 Å². The van der Waals surface area contributed by atoms with Gasteiger partial charge < -0.3 is 10.0 Å². The van der Waals surface area contributed by atoms with Gasteiger partial charge in [-0.05, 0) is 19.8 Å². The maximum absolute atomic E-state index is 12.4.